The number of benzene rings is 2. The van der Waals surface area contributed by atoms with Crippen LogP contribution >= 0.6 is 0 Å². The fourth-order valence-electron chi connectivity index (χ4n) is 3.36. The molecule has 2 aromatic carbocycles. The second kappa shape index (κ2) is 7.57. The fraction of sp³-hybridized carbons (Fsp3) is 0.286. The number of hydrogen-bond acceptors (Lipinski definition) is 11. The van der Waals surface area contributed by atoms with Crippen LogP contribution < -0.4 is 10.2 Å². The molecule has 0 radical (unpaired) electrons. The van der Waals surface area contributed by atoms with E-state index in [1.807, 2.05) is 0 Å². The maximum Gasteiger partial charge on any atom is 0.239 e. The number of aliphatic hydroxyl groups is 3. The van der Waals surface area contributed by atoms with Crippen molar-refractivity contribution in [3.63, 3.8) is 0 Å². The molecule has 0 spiro atoms. The van der Waals surface area contributed by atoms with E-state index in [4.69, 9.17) is 13.9 Å². The summed E-state index contributed by atoms with van der Waals surface area (Å²) in [7, 11) is 0. The van der Waals surface area contributed by atoms with Crippen molar-refractivity contribution in [2.45, 2.75) is 31.0 Å². The molecule has 11 nitrogen and oxygen atoms in total. The van der Waals surface area contributed by atoms with Crippen LogP contribution in [0.1, 0.15) is 6.92 Å². The third-order valence-electron chi connectivity index (χ3n) is 5.34. The van der Waals surface area contributed by atoms with Gasteiger partial charge in [-0.1, -0.05) is 0 Å². The van der Waals surface area contributed by atoms with E-state index in [-0.39, 0.29) is 28.0 Å². The van der Waals surface area contributed by atoms with Crippen LogP contribution in [0.3, 0.4) is 0 Å². The maximum atomic E-state index is 13.2. The summed E-state index contributed by atoms with van der Waals surface area (Å²) in [6.45, 7) is 0.750. The number of aromatic hydroxyl groups is 4. The van der Waals surface area contributed by atoms with Crippen LogP contribution in [0.4, 0.5) is 0 Å². The second-order valence-corrected chi connectivity index (χ2v) is 7.64. The Balaban J connectivity index is 1.92. The lowest BCUT2D eigenvalue weighted by atomic mass is 9.90. The molecule has 0 bridgehead atoms. The summed E-state index contributed by atoms with van der Waals surface area (Å²) in [6.07, 6.45) is -4.82. The van der Waals surface area contributed by atoms with E-state index in [0.29, 0.717) is 0 Å². The molecule has 32 heavy (non-hydrogen) atoms. The Hall–Kier alpha value is -3.51. The zero-order valence-electron chi connectivity index (χ0n) is 16.6. The Morgan fingerprint density at radius 3 is 2.44 bits per heavy atom. The summed E-state index contributed by atoms with van der Waals surface area (Å²) < 4.78 is 16.5. The van der Waals surface area contributed by atoms with E-state index in [1.165, 1.54) is 6.07 Å². The van der Waals surface area contributed by atoms with Gasteiger partial charge < -0.3 is 49.6 Å². The molecule has 1 aliphatic rings. The number of aliphatic hydroxyl groups excluding tert-OH is 2. The second-order valence-electron chi connectivity index (χ2n) is 7.64. The van der Waals surface area contributed by atoms with Crippen LogP contribution in [0.15, 0.2) is 39.5 Å². The third-order valence-corrected chi connectivity index (χ3v) is 5.34. The normalized spacial score (nSPS) is 25.7. The minimum atomic E-state index is -2.02. The molecule has 4 rings (SSSR count). The fourth-order valence-corrected chi connectivity index (χ4v) is 3.36. The first-order chi connectivity index (χ1) is 15.0. The van der Waals surface area contributed by atoms with Crippen molar-refractivity contribution in [1.29, 1.82) is 0 Å². The summed E-state index contributed by atoms with van der Waals surface area (Å²) >= 11 is 0. The van der Waals surface area contributed by atoms with Gasteiger partial charge in [0.15, 0.2) is 17.3 Å². The molecule has 1 fully saturated rings. The molecular formula is C21H20O11. The SMILES string of the molecule is C[C@@]1(O)[C@@H](O)CO[C@@H](Oc2c(-c3ccc(O)c(O)c3)oc3cc(O)cc(O)c3c2=O)[C@@H]1O. The zero-order valence-corrected chi connectivity index (χ0v) is 16.6. The highest BCUT2D eigenvalue weighted by Crippen LogP contribution is 2.39. The minimum absolute atomic E-state index is 0.0641. The summed E-state index contributed by atoms with van der Waals surface area (Å²) in [5, 5.41) is 69.7. The highest BCUT2D eigenvalue weighted by Gasteiger charge is 2.49. The Morgan fingerprint density at radius 1 is 1.03 bits per heavy atom. The van der Waals surface area contributed by atoms with Crippen LogP contribution in [-0.2, 0) is 4.74 Å². The highest BCUT2D eigenvalue weighted by molar-refractivity contribution is 5.88. The lowest BCUT2D eigenvalue weighted by Gasteiger charge is -2.41. The molecule has 2 heterocycles. The third kappa shape index (κ3) is 3.46. The Bertz CT molecular complexity index is 1250. The van der Waals surface area contributed by atoms with Crippen molar-refractivity contribution in [3.8, 4) is 40.1 Å². The first kappa shape index (κ1) is 21.7. The summed E-state index contributed by atoms with van der Waals surface area (Å²) in [4.78, 5) is 13.2. The topological polar surface area (TPSA) is 190 Å². The monoisotopic (exact) mass is 448 g/mol. The van der Waals surface area contributed by atoms with Crippen molar-refractivity contribution in [2.75, 3.05) is 6.61 Å². The zero-order chi connectivity index (χ0) is 23.4. The molecule has 4 atom stereocenters. The Kier molecular flexibility index (Phi) is 5.13. The van der Waals surface area contributed by atoms with Gasteiger partial charge in [-0.3, -0.25) is 4.79 Å². The van der Waals surface area contributed by atoms with Gasteiger partial charge in [0.25, 0.3) is 0 Å². The molecule has 3 aromatic rings. The van der Waals surface area contributed by atoms with Gasteiger partial charge in [-0.25, -0.2) is 0 Å². The predicted octanol–water partition coefficient (Wildman–Crippen LogP) is 0.490. The van der Waals surface area contributed by atoms with Crippen LogP contribution in [0.2, 0.25) is 0 Å². The van der Waals surface area contributed by atoms with Gasteiger partial charge in [0.1, 0.15) is 40.3 Å². The Morgan fingerprint density at radius 2 is 1.75 bits per heavy atom. The van der Waals surface area contributed by atoms with Gasteiger partial charge >= 0.3 is 0 Å². The van der Waals surface area contributed by atoms with E-state index >= 15 is 0 Å². The average molecular weight is 448 g/mol. The van der Waals surface area contributed by atoms with Crippen molar-refractivity contribution < 1.29 is 49.6 Å². The summed E-state index contributed by atoms with van der Waals surface area (Å²) in [6, 6.07) is 5.50. The van der Waals surface area contributed by atoms with Crippen molar-refractivity contribution in [1.82, 2.24) is 0 Å². The van der Waals surface area contributed by atoms with Gasteiger partial charge in [0, 0.05) is 17.7 Å². The number of phenolic OH excluding ortho intramolecular Hbond substituents is 4. The Labute approximate surface area is 179 Å². The number of ether oxygens (including phenoxy) is 2. The highest BCUT2D eigenvalue weighted by atomic mass is 16.7. The van der Waals surface area contributed by atoms with E-state index in [2.05, 4.69) is 0 Å². The molecular weight excluding hydrogens is 428 g/mol. The van der Waals surface area contributed by atoms with Gasteiger partial charge in [0.05, 0.1) is 6.61 Å². The van der Waals surface area contributed by atoms with Gasteiger partial charge in [-0.05, 0) is 25.1 Å². The van der Waals surface area contributed by atoms with Crippen molar-refractivity contribution in [3.05, 3.63) is 40.6 Å². The average Bonchev–Trinajstić information content (AvgIpc) is 2.71. The summed E-state index contributed by atoms with van der Waals surface area (Å²) in [5.41, 5.74) is -3.08. The lowest BCUT2D eigenvalue weighted by Crippen LogP contribution is -2.62. The molecule has 7 N–H and O–H groups in total. The number of hydrogen-bond donors (Lipinski definition) is 7. The molecule has 0 aliphatic carbocycles. The van der Waals surface area contributed by atoms with Crippen LogP contribution in [0.25, 0.3) is 22.3 Å². The van der Waals surface area contributed by atoms with Crippen molar-refractivity contribution in [2.24, 2.45) is 0 Å². The molecule has 0 amide bonds. The first-order valence-corrected chi connectivity index (χ1v) is 9.42. The quantitative estimate of drug-likeness (QED) is 0.276. The van der Waals surface area contributed by atoms with Crippen LogP contribution in [0, 0.1) is 0 Å². The van der Waals surface area contributed by atoms with E-state index in [9.17, 15) is 40.5 Å². The standard InChI is InChI=1S/C21H20O11/c1-21(29)14(26)7-30-20(19(21)28)32-18-16(27)15-12(25)5-9(22)6-13(15)31-17(18)8-2-3-10(23)11(24)4-8/h2-6,14,19-20,22-26,28-29H,7H2,1H3/t14-,19-,20-,21+/m0/s1. The molecule has 11 heteroatoms. The minimum Gasteiger partial charge on any atom is -0.508 e. The van der Waals surface area contributed by atoms with E-state index in [1.54, 1.807) is 0 Å². The molecule has 1 aliphatic heterocycles. The molecule has 1 saturated heterocycles. The van der Waals surface area contributed by atoms with E-state index < -0.39 is 59.1 Å². The molecule has 170 valence electrons. The number of rotatable bonds is 3. The predicted molar refractivity (Wildman–Crippen MR) is 108 cm³/mol. The van der Waals surface area contributed by atoms with Crippen LogP contribution in [-0.4, -0.2) is 66.5 Å². The van der Waals surface area contributed by atoms with Gasteiger partial charge in [0.2, 0.25) is 17.5 Å². The van der Waals surface area contributed by atoms with Gasteiger partial charge in [-0.15, -0.1) is 0 Å². The maximum absolute atomic E-state index is 13.2. The van der Waals surface area contributed by atoms with Crippen molar-refractivity contribution >= 4 is 11.0 Å². The van der Waals surface area contributed by atoms with E-state index in [0.717, 1.165) is 31.2 Å². The number of fused-ring (bicyclic) bond motifs is 1. The molecule has 0 saturated carbocycles. The van der Waals surface area contributed by atoms with Crippen LogP contribution in [0.5, 0.6) is 28.7 Å². The lowest BCUT2D eigenvalue weighted by molar-refractivity contribution is -0.277. The summed E-state index contributed by atoms with van der Waals surface area (Å²) in [5.74, 6) is -2.81. The van der Waals surface area contributed by atoms with Gasteiger partial charge in [-0.2, -0.15) is 0 Å². The number of phenols is 4. The molecule has 1 aromatic heterocycles. The first-order valence-electron chi connectivity index (χ1n) is 9.42. The largest absolute Gasteiger partial charge is 0.508 e. The smallest absolute Gasteiger partial charge is 0.239 e. The molecule has 0 unspecified atom stereocenters.